The van der Waals surface area contributed by atoms with Crippen LogP contribution < -0.4 is 9.47 Å². The number of hydrogen-bond acceptors (Lipinski definition) is 7. The zero-order chi connectivity index (χ0) is 18.9. The molecule has 0 spiro atoms. The van der Waals surface area contributed by atoms with Crippen molar-refractivity contribution in [2.45, 2.75) is 11.7 Å². The third-order valence-corrected chi connectivity index (χ3v) is 4.87. The minimum absolute atomic E-state index is 0.00618. The van der Waals surface area contributed by atoms with Crippen molar-refractivity contribution in [1.29, 1.82) is 0 Å². The third kappa shape index (κ3) is 2.94. The molecule has 1 saturated heterocycles. The van der Waals surface area contributed by atoms with Crippen LogP contribution in [0.15, 0.2) is 36.4 Å². The van der Waals surface area contributed by atoms with Gasteiger partial charge in [-0.2, -0.15) is 0 Å². The minimum Gasteiger partial charge on any atom is -0.504 e. The van der Waals surface area contributed by atoms with E-state index < -0.39 is 17.6 Å². The molecule has 1 aliphatic rings. The van der Waals surface area contributed by atoms with Gasteiger partial charge in [0.1, 0.15) is 5.60 Å². The quantitative estimate of drug-likeness (QED) is 0.641. The van der Waals surface area contributed by atoms with E-state index in [0.717, 1.165) is 0 Å². The van der Waals surface area contributed by atoms with Gasteiger partial charge in [0, 0.05) is 5.92 Å². The summed E-state index contributed by atoms with van der Waals surface area (Å²) in [5, 5.41) is 40.7. The fourth-order valence-electron chi connectivity index (χ4n) is 3.38. The zero-order valence-electron chi connectivity index (χ0n) is 14.5. The molecule has 0 aliphatic carbocycles. The molecule has 1 aliphatic heterocycles. The molecule has 26 heavy (non-hydrogen) atoms. The van der Waals surface area contributed by atoms with E-state index in [1.807, 2.05) is 0 Å². The summed E-state index contributed by atoms with van der Waals surface area (Å²) in [6.07, 6.45) is -0.598. The van der Waals surface area contributed by atoms with E-state index in [4.69, 9.17) is 14.2 Å². The van der Waals surface area contributed by atoms with E-state index in [2.05, 4.69) is 0 Å². The number of rotatable bonds is 5. The first kappa shape index (κ1) is 18.3. The van der Waals surface area contributed by atoms with E-state index >= 15 is 0 Å². The molecule has 3 unspecified atom stereocenters. The number of phenolic OH excluding ortho intramolecular Hbond substituents is 2. The first-order valence-electron chi connectivity index (χ1n) is 8.13. The number of aliphatic hydroxyl groups is 2. The van der Waals surface area contributed by atoms with Crippen molar-refractivity contribution in [3.8, 4) is 23.0 Å². The van der Waals surface area contributed by atoms with Crippen LogP contribution in [-0.4, -0.2) is 47.9 Å². The van der Waals surface area contributed by atoms with Gasteiger partial charge in [-0.3, -0.25) is 0 Å². The van der Waals surface area contributed by atoms with E-state index in [1.54, 1.807) is 18.2 Å². The Labute approximate surface area is 151 Å². The predicted octanol–water partition coefficient (Wildman–Crippen LogP) is 1.68. The monoisotopic (exact) mass is 362 g/mol. The number of aromatic hydroxyl groups is 2. The molecular formula is C19H22O7. The van der Waals surface area contributed by atoms with Gasteiger partial charge in [0.2, 0.25) is 0 Å². The topological polar surface area (TPSA) is 109 Å². The first-order chi connectivity index (χ1) is 12.4. The van der Waals surface area contributed by atoms with Crippen LogP contribution in [0.3, 0.4) is 0 Å². The van der Waals surface area contributed by atoms with E-state index in [0.29, 0.717) is 11.1 Å². The van der Waals surface area contributed by atoms with E-state index in [-0.39, 0.29) is 36.2 Å². The molecule has 140 valence electrons. The maximum Gasteiger partial charge on any atom is 0.160 e. The molecule has 1 heterocycles. The molecule has 2 aromatic carbocycles. The van der Waals surface area contributed by atoms with Gasteiger partial charge in [-0.05, 0) is 35.4 Å². The molecule has 7 nitrogen and oxygen atoms in total. The van der Waals surface area contributed by atoms with Crippen molar-refractivity contribution in [2.75, 3.05) is 27.4 Å². The minimum atomic E-state index is -1.47. The highest BCUT2D eigenvalue weighted by atomic mass is 16.5. The zero-order valence-corrected chi connectivity index (χ0v) is 14.5. The Kier molecular flexibility index (Phi) is 4.95. The Balaban J connectivity index is 1.98. The van der Waals surface area contributed by atoms with Crippen molar-refractivity contribution in [2.24, 2.45) is 5.92 Å². The lowest BCUT2D eigenvalue weighted by atomic mass is 9.79. The van der Waals surface area contributed by atoms with Crippen molar-refractivity contribution in [3.05, 3.63) is 47.5 Å². The van der Waals surface area contributed by atoms with E-state index in [1.165, 1.54) is 32.4 Å². The molecular weight excluding hydrogens is 340 g/mol. The van der Waals surface area contributed by atoms with Gasteiger partial charge in [-0.1, -0.05) is 12.1 Å². The summed E-state index contributed by atoms with van der Waals surface area (Å²) in [4.78, 5) is 0. The molecule has 4 N–H and O–H groups in total. The fourth-order valence-corrected chi connectivity index (χ4v) is 3.38. The molecule has 0 radical (unpaired) electrons. The second-order valence-corrected chi connectivity index (χ2v) is 6.26. The van der Waals surface area contributed by atoms with Gasteiger partial charge >= 0.3 is 0 Å². The maximum atomic E-state index is 11.2. The number of ether oxygens (including phenoxy) is 3. The highest BCUT2D eigenvalue weighted by Gasteiger charge is 2.50. The lowest BCUT2D eigenvalue weighted by molar-refractivity contribution is -0.0205. The molecule has 7 heteroatoms. The van der Waals surface area contributed by atoms with Crippen molar-refractivity contribution in [3.63, 3.8) is 0 Å². The van der Waals surface area contributed by atoms with Gasteiger partial charge in [-0.15, -0.1) is 0 Å². The average molecular weight is 362 g/mol. The van der Waals surface area contributed by atoms with Crippen LogP contribution in [-0.2, 0) is 10.3 Å². The first-order valence-corrected chi connectivity index (χ1v) is 8.13. The number of hydrogen-bond donors (Lipinski definition) is 4. The molecule has 0 saturated carbocycles. The Morgan fingerprint density at radius 2 is 1.65 bits per heavy atom. The smallest absolute Gasteiger partial charge is 0.160 e. The SMILES string of the molecule is COc1cc(C2OCC(O)(c3ccc(O)c(OC)c3)C2CO)ccc1O. The van der Waals surface area contributed by atoms with Gasteiger partial charge in [0.25, 0.3) is 0 Å². The fraction of sp³-hybridized carbons (Fsp3) is 0.368. The summed E-state index contributed by atoms with van der Waals surface area (Å²) in [7, 11) is 2.86. The molecule has 3 rings (SSSR count). The normalized spacial score (nSPS) is 25.2. The number of methoxy groups -OCH3 is 2. The van der Waals surface area contributed by atoms with Crippen LogP contribution in [0.4, 0.5) is 0 Å². The van der Waals surface area contributed by atoms with Crippen LogP contribution in [0, 0.1) is 5.92 Å². The Bertz CT molecular complexity index is 791. The standard InChI is InChI=1S/C19H22O7/c1-24-16-7-11(3-5-14(16)21)18-13(9-20)19(23,10-26-18)12-4-6-15(22)17(8-12)25-2/h3-8,13,18,20-23H,9-10H2,1-2H3. The van der Waals surface area contributed by atoms with Gasteiger partial charge in [-0.25, -0.2) is 0 Å². The summed E-state index contributed by atoms with van der Waals surface area (Å²) >= 11 is 0. The average Bonchev–Trinajstić information content (AvgIpc) is 3.00. The number of phenols is 2. The van der Waals surface area contributed by atoms with E-state index in [9.17, 15) is 20.4 Å². The van der Waals surface area contributed by atoms with Crippen LogP contribution in [0.1, 0.15) is 17.2 Å². The number of benzene rings is 2. The van der Waals surface area contributed by atoms with Crippen LogP contribution in [0.5, 0.6) is 23.0 Å². The molecule has 2 aromatic rings. The second kappa shape index (κ2) is 7.03. The summed E-state index contributed by atoms with van der Waals surface area (Å²) in [6.45, 7) is -0.367. The highest BCUT2D eigenvalue weighted by Crippen LogP contribution is 2.48. The lowest BCUT2D eigenvalue weighted by Crippen LogP contribution is -2.37. The Hall–Kier alpha value is -2.48. The lowest BCUT2D eigenvalue weighted by Gasteiger charge is -2.30. The third-order valence-electron chi connectivity index (χ3n) is 4.87. The summed E-state index contributed by atoms with van der Waals surface area (Å²) in [5.74, 6) is -0.203. The summed E-state index contributed by atoms with van der Waals surface area (Å²) in [5.41, 5.74) is -0.328. The maximum absolute atomic E-state index is 11.2. The Morgan fingerprint density at radius 3 is 2.27 bits per heavy atom. The Morgan fingerprint density at radius 1 is 1.04 bits per heavy atom. The van der Waals surface area contributed by atoms with Gasteiger partial charge in [0.15, 0.2) is 23.0 Å². The van der Waals surface area contributed by atoms with Crippen LogP contribution in [0.2, 0.25) is 0 Å². The van der Waals surface area contributed by atoms with Gasteiger partial charge < -0.3 is 34.6 Å². The highest BCUT2D eigenvalue weighted by molar-refractivity contribution is 5.46. The largest absolute Gasteiger partial charge is 0.504 e. The van der Waals surface area contributed by atoms with Crippen molar-refractivity contribution >= 4 is 0 Å². The second-order valence-electron chi connectivity index (χ2n) is 6.26. The summed E-state index contributed by atoms with van der Waals surface area (Å²) in [6, 6.07) is 9.29. The molecule has 3 atom stereocenters. The van der Waals surface area contributed by atoms with Crippen LogP contribution >= 0.6 is 0 Å². The van der Waals surface area contributed by atoms with Crippen molar-refractivity contribution < 1.29 is 34.6 Å². The predicted molar refractivity (Wildman–Crippen MR) is 92.5 cm³/mol. The van der Waals surface area contributed by atoms with Crippen molar-refractivity contribution in [1.82, 2.24) is 0 Å². The summed E-state index contributed by atoms with van der Waals surface area (Å²) < 4.78 is 16.0. The molecule has 0 bridgehead atoms. The van der Waals surface area contributed by atoms with Gasteiger partial charge in [0.05, 0.1) is 33.5 Å². The molecule has 0 aromatic heterocycles. The van der Waals surface area contributed by atoms with Crippen LogP contribution in [0.25, 0.3) is 0 Å². The molecule has 0 amide bonds. The number of aliphatic hydroxyl groups excluding tert-OH is 1. The molecule has 1 fully saturated rings.